The average molecular weight is 245 g/mol. The van der Waals surface area contributed by atoms with Gasteiger partial charge >= 0.3 is 0 Å². The first kappa shape index (κ1) is 13.5. The molecule has 1 N–H and O–H groups in total. The van der Waals surface area contributed by atoms with E-state index in [1.54, 1.807) is 6.07 Å². The van der Waals surface area contributed by atoms with Gasteiger partial charge in [-0.25, -0.2) is 4.39 Å². The molecule has 0 aliphatic heterocycles. The lowest BCUT2D eigenvalue weighted by atomic mass is 9.93. The van der Waals surface area contributed by atoms with Crippen LogP contribution in [-0.2, 0) is 0 Å². The van der Waals surface area contributed by atoms with E-state index in [9.17, 15) is 9.50 Å². The fraction of sp³-hybridized carbons (Fsp3) is 0.538. The molecule has 0 aliphatic rings. The van der Waals surface area contributed by atoms with Crippen LogP contribution in [0.1, 0.15) is 44.8 Å². The van der Waals surface area contributed by atoms with E-state index in [-0.39, 0.29) is 5.02 Å². The summed E-state index contributed by atoms with van der Waals surface area (Å²) >= 11 is 5.68. The number of hydrogen-bond acceptors (Lipinski definition) is 1. The van der Waals surface area contributed by atoms with E-state index in [1.807, 2.05) is 0 Å². The van der Waals surface area contributed by atoms with Gasteiger partial charge in [-0.2, -0.15) is 0 Å². The van der Waals surface area contributed by atoms with Crippen molar-refractivity contribution in [3.8, 4) is 0 Å². The summed E-state index contributed by atoms with van der Waals surface area (Å²) in [4.78, 5) is 0. The zero-order valence-electron chi connectivity index (χ0n) is 9.71. The van der Waals surface area contributed by atoms with Crippen LogP contribution in [0.3, 0.4) is 0 Å². The molecule has 0 spiro atoms. The fourth-order valence-electron chi connectivity index (χ4n) is 1.79. The van der Waals surface area contributed by atoms with Gasteiger partial charge in [-0.3, -0.25) is 0 Å². The quantitative estimate of drug-likeness (QED) is 0.817. The third-order valence-electron chi connectivity index (χ3n) is 3.04. The van der Waals surface area contributed by atoms with Gasteiger partial charge in [0.15, 0.2) is 0 Å². The van der Waals surface area contributed by atoms with Gasteiger partial charge in [-0.05, 0) is 30.0 Å². The Hall–Kier alpha value is -0.600. The SMILES string of the molecule is CCC(CC)CC(O)c1ccc(F)c(Cl)c1. The first-order chi connectivity index (χ1) is 7.58. The number of benzene rings is 1. The Morgan fingerprint density at radius 2 is 1.94 bits per heavy atom. The van der Waals surface area contributed by atoms with E-state index in [4.69, 9.17) is 11.6 Å². The maximum atomic E-state index is 12.9. The molecular weight excluding hydrogens is 227 g/mol. The molecule has 1 unspecified atom stereocenters. The van der Waals surface area contributed by atoms with Crippen LogP contribution in [-0.4, -0.2) is 5.11 Å². The number of aliphatic hydroxyl groups is 1. The van der Waals surface area contributed by atoms with Crippen LogP contribution >= 0.6 is 11.6 Å². The second-order valence-electron chi connectivity index (χ2n) is 4.11. The van der Waals surface area contributed by atoms with Crippen molar-refractivity contribution in [2.75, 3.05) is 0 Å². The molecule has 1 atom stereocenters. The number of aliphatic hydroxyl groups excluding tert-OH is 1. The van der Waals surface area contributed by atoms with E-state index in [1.165, 1.54) is 12.1 Å². The minimum Gasteiger partial charge on any atom is -0.388 e. The summed E-state index contributed by atoms with van der Waals surface area (Å²) in [6.07, 6.45) is 2.24. The van der Waals surface area contributed by atoms with Gasteiger partial charge in [0.2, 0.25) is 0 Å². The summed E-state index contributed by atoms with van der Waals surface area (Å²) in [5.41, 5.74) is 0.693. The van der Waals surface area contributed by atoms with Crippen LogP contribution in [0.5, 0.6) is 0 Å². The van der Waals surface area contributed by atoms with Crippen molar-refractivity contribution in [1.29, 1.82) is 0 Å². The molecule has 0 amide bonds. The molecule has 0 saturated carbocycles. The Morgan fingerprint density at radius 1 is 1.31 bits per heavy atom. The molecule has 0 aromatic heterocycles. The van der Waals surface area contributed by atoms with Crippen LogP contribution in [0.4, 0.5) is 4.39 Å². The maximum absolute atomic E-state index is 12.9. The minimum absolute atomic E-state index is 0.0705. The summed E-state index contributed by atoms with van der Waals surface area (Å²) in [7, 11) is 0. The van der Waals surface area contributed by atoms with Crippen molar-refractivity contribution in [3.05, 3.63) is 34.6 Å². The Morgan fingerprint density at radius 3 is 2.44 bits per heavy atom. The molecule has 0 bridgehead atoms. The topological polar surface area (TPSA) is 20.2 Å². The van der Waals surface area contributed by atoms with Crippen molar-refractivity contribution < 1.29 is 9.50 Å². The van der Waals surface area contributed by atoms with E-state index in [2.05, 4.69) is 13.8 Å². The van der Waals surface area contributed by atoms with E-state index in [0.29, 0.717) is 17.9 Å². The zero-order valence-corrected chi connectivity index (χ0v) is 10.5. The van der Waals surface area contributed by atoms with Gasteiger partial charge in [0.1, 0.15) is 5.82 Å². The third kappa shape index (κ3) is 3.46. The lowest BCUT2D eigenvalue weighted by Crippen LogP contribution is -2.06. The van der Waals surface area contributed by atoms with Crippen LogP contribution in [0.15, 0.2) is 18.2 Å². The van der Waals surface area contributed by atoms with Crippen molar-refractivity contribution in [1.82, 2.24) is 0 Å². The van der Waals surface area contributed by atoms with Crippen LogP contribution < -0.4 is 0 Å². The molecule has 1 rings (SSSR count). The second-order valence-corrected chi connectivity index (χ2v) is 4.51. The number of hydrogen-bond donors (Lipinski definition) is 1. The molecule has 0 fully saturated rings. The molecule has 1 aromatic rings. The Labute approximate surface area is 101 Å². The van der Waals surface area contributed by atoms with Gasteiger partial charge in [-0.15, -0.1) is 0 Å². The van der Waals surface area contributed by atoms with Crippen molar-refractivity contribution in [3.63, 3.8) is 0 Å². The van der Waals surface area contributed by atoms with Crippen molar-refractivity contribution in [2.45, 2.75) is 39.2 Å². The Kier molecular flexibility index (Phi) is 5.23. The number of halogens is 2. The highest BCUT2D eigenvalue weighted by molar-refractivity contribution is 6.30. The van der Waals surface area contributed by atoms with E-state index >= 15 is 0 Å². The van der Waals surface area contributed by atoms with Crippen LogP contribution in [0.2, 0.25) is 5.02 Å². The molecule has 0 radical (unpaired) electrons. The lowest BCUT2D eigenvalue weighted by Gasteiger charge is -2.17. The van der Waals surface area contributed by atoms with Gasteiger partial charge in [-0.1, -0.05) is 44.4 Å². The molecule has 0 heterocycles. The summed E-state index contributed by atoms with van der Waals surface area (Å²) in [6.45, 7) is 4.22. The van der Waals surface area contributed by atoms with Gasteiger partial charge in [0, 0.05) is 0 Å². The molecule has 3 heteroatoms. The van der Waals surface area contributed by atoms with E-state index in [0.717, 1.165) is 12.8 Å². The van der Waals surface area contributed by atoms with Crippen LogP contribution in [0, 0.1) is 11.7 Å². The lowest BCUT2D eigenvalue weighted by molar-refractivity contribution is 0.141. The smallest absolute Gasteiger partial charge is 0.141 e. The Balaban J connectivity index is 2.72. The predicted octanol–water partition coefficient (Wildman–Crippen LogP) is 4.34. The molecule has 0 aliphatic carbocycles. The zero-order chi connectivity index (χ0) is 12.1. The monoisotopic (exact) mass is 244 g/mol. The standard InChI is InChI=1S/C13H18ClFO/c1-3-9(4-2)7-13(16)10-5-6-12(15)11(14)8-10/h5-6,8-9,13,16H,3-4,7H2,1-2H3. The summed E-state index contributed by atoms with van der Waals surface area (Å²) in [5, 5.41) is 10.1. The molecule has 90 valence electrons. The first-order valence-corrected chi connectivity index (χ1v) is 6.09. The molecule has 16 heavy (non-hydrogen) atoms. The normalized spacial score (nSPS) is 13.1. The highest BCUT2D eigenvalue weighted by Gasteiger charge is 2.14. The van der Waals surface area contributed by atoms with Crippen molar-refractivity contribution >= 4 is 11.6 Å². The molecule has 1 aromatic carbocycles. The van der Waals surface area contributed by atoms with Gasteiger partial charge < -0.3 is 5.11 Å². The summed E-state index contributed by atoms with van der Waals surface area (Å²) in [6, 6.07) is 4.39. The van der Waals surface area contributed by atoms with Gasteiger partial charge in [0.25, 0.3) is 0 Å². The van der Waals surface area contributed by atoms with Gasteiger partial charge in [0.05, 0.1) is 11.1 Å². The second kappa shape index (κ2) is 6.21. The molecular formula is C13H18ClFO. The summed E-state index contributed by atoms with van der Waals surface area (Å²) < 4.78 is 12.9. The molecule has 0 saturated heterocycles. The third-order valence-corrected chi connectivity index (χ3v) is 3.33. The maximum Gasteiger partial charge on any atom is 0.141 e. The highest BCUT2D eigenvalue weighted by atomic mass is 35.5. The minimum atomic E-state index is -0.553. The highest BCUT2D eigenvalue weighted by Crippen LogP contribution is 2.27. The predicted molar refractivity (Wildman–Crippen MR) is 65.1 cm³/mol. The van der Waals surface area contributed by atoms with E-state index < -0.39 is 11.9 Å². The van der Waals surface area contributed by atoms with Crippen molar-refractivity contribution in [2.24, 2.45) is 5.92 Å². The Bertz CT molecular complexity index is 337. The fourth-order valence-corrected chi connectivity index (χ4v) is 1.98. The average Bonchev–Trinajstić information content (AvgIpc) is 2.29. The number of rotatable bonds is 5. The van der Waals surface area contributed by atoms with Crippen LogP contribution in [0.25, 0.3) is 0 Å². The first-order valence-electron chi connectivity index (χ1n) is 5.71. The largest absolute Gasteiger partial charge is 0.388 e. The summed E-state index contributed by atoms with van der Waals surface area (Å²) in [5.74, 6) is 0.0546. The molecule has 1 nitrogen and oxygen atoms in total.